The van der Waals surface area contributed by atoms with Crippen LogP contribution in [0.5, 0.6) is 5.75 Å². The van der Waals surface area contributed by atoms with Gasteiger partial charge in [0.05, 0.1) is 25.2 Å². The summed E-state index contributed by atoms with van der Waals surface area (Å²) in [5, 5.41) is 10.9. The van der Waals surface area contributed by atoms with Gasteiger partial charge >= 0.3 is 0 Å². The molecule has 1 saturated carbocycles. The second-order valence-corrected chi connectivity index (χ2v) is 10.4. The molecule has 0 bridgehead atoms. The lowest BCUT2D eigenvalue weighted by Gasteiger charge is -2.34. The third kappa shape index (κ3) is 8.12. The van der Waals surface area contributed by atoms with Crippen LogP contribution in [-0.2, 0) is 22.4 Å². The van der Waals surface area contributed by atoms with Crippen molar-refractivity contribution < 1.29 is 23.4 Å². The Morgan fingerprint density at radius 3 is 2.59 bits per heavy atom. The molecule has 0 spiro atoms. The zero-order valence-corrected chi connectivity index (χ0v) is 22.4. The van der Waals surface area contributed by atoms with Gasteiger partial charge in [0.2, 0.25) is 11.5 Å². The normalized spacial score (nSPS) is 14.1. The molecular weight excluding hydrogens is 502 g/mol. The van der Waals surface area contributed by atoms with Crippen LogP contribution in [0.3, 0.4) is 0 Å². The molecule has 6 nitrogen and oxygen atoms in total. The monoisotopic (exact) mass is 540 g/mol. The van der Waals surface area contributed by atoms with E-state index in [1.807, 2.05) is 11.0 Å². The summed E-state index contributed by atoms with van der Waals surface area (Å²) in [6.07, 6.45) is 9.70. The van der Waals surface area contributed by atoms with E-state index in [2.05, 4.69) is 4.98 Å². The van der Waals surface area contributed by atoms with Gasteiger partial charge in [-0.05, 0) is 80.0 Å². The number of hydrogen-bond acceptors (Lipinski definition) is 4. The van der Waals surface area contributed by atoms with E-state index in [-0.39, 0.29) is 54.9 Å². The summed E-state index contributed by atoms with van der Waals surface area (Å²) in [6, 6.07) is 10.4. The first-order valence-electron chi connectivity index (χ1n) is 14.1. The predicted octanol–water partition coefficient (Wildman–Crippen LogP) is 6.04. The van der Waals surface area contributed by atoms with E-state index < -0.39 is 11.6 Å². The van der Waals surface area contributed by atoms with Crippen molar-refractivity contribution >= 4 is 16.8 Å². The van der Waals surface area contributed by atoms with Gasteiger partial charge in [-0.25, -0.2) is 8.78 Å². The van der Waals surface area contributed by atoms with E-state index in [0.717, 1.165) is 74.4 Å². The number of phenolic OH excluding ortho intramolecular Hbond substituents is 1. The molecule has 1 aliphatic rings. The summed E-state index contributed by atoms with van der Waals surface area (Å²) in [6.45, 7) is 1.20. The number of aryl methyl sites for hydroxylation is 1. The Kier molecular flexibility index (Phi) is 10.5. The fourth-order valence-electron chi connectivity index (χ4n) is 5.51. The van der Waals surface area contributed by atoms with Crippen LogP contribution >= 0.6 is 0 Å². The number of hydrogen-bond donors (Lipinski definition) is 2. The average Bonchev–Trinajstić information content (AvgIpc) is 2.94. The summed E-state index contributed by atoms with van der Waals surface area (Å²) >= 11 is 0. The smallest absolute Gasteiger partial charge is 0.248 e. The van der Waals surface area contributed by atoms with Crippen LogP contribution < -0.4 is 5.56 Å². The predicted molar refractivity (Wildman–Crippen MR) is 148 cm³/mol. The van der Waals surface area contributed by atoms with Crippen LogP contribution in [0.4, 0.5) is 8.78 Å². The van der Waals surface area contributed by atoms with E-state index >= 15 is 0 Å². The molecule has 1 aromatic heterocycles. The fourth-order valence-corrected chi connectivity index (χ4v) is 5.51. The topological polar surface area (TPSA) is 82.6 Å². The first-order chi connectivity index (χ1) is 18.9. The molecule has 2 N–H and O–H groups in total. The molecular formula is C31H38F2N2O4. The molecule has 0 aliphatic heterocycles. The van der Waals surface area contributed by atoms with Crippen molar-refractivity contribution in [3.05, 3.63) is 75.6 Å². The van der Waals surface area contributed by atoms with Crippen molar-refractivity contribution in [3.8, 4) is 5.75 Å². The number of carbonyl (C=O) groups excluding carboxylic acids is 1. The number of benzene rings is 2. The van der Waals surface area contributed by atoms with Crippen molar-refractivity contribution in [1.29, 1.82) is 0 Å². The summed E-state index contributed by atoms with van der Waals surface area (Å²) in [5.41, 5.74) is 1.58. The van der Waals surface area contributed by atoms with Gasteiger partial charge in [0.15, 0.2) is 0 Å². The number of halogens is 2. The lowest BCUT2D eigenvalue weighted by Crippen LogP contribution is -2.42. The number of H-pyrrole nitrogens is 1. The fraction of sp³-hybridized carbons (Fsp3) is 0.484. The summed E-state index contributed by atoms with van der Waals surface area (Å²) in [7, 11) is 0. The first-order valence-corrected chi connectivity index (χ1v) is 14.1. The maximum atomic E-state index is 13.8. The van der Waals surface area contributed by atoms with Gasteiger partial charge < -0.3 is 19.7 Å². The number of nitrogens with one attached hydrogen (secondary N) is 1. The molecule has 2 aromatic carbocycles. The molecule has 0 atom stereocenters. The van der Waals surface area contributed by atoms with Crippen LogP contribution in [0, 0.1) is 11.6 Å². The van der Waals surface area contributed by atoms with Crippen LogP contribution in [0.15, 0.2) is 47.3 Å². The SMILES string of the molecule is O=C(CCOCCc1cc(F)ccc1F)N(CCCCCc1ccc(O)c2[nH]c(=O)ccc12)C1CCCCC1. The Bertz CT molecular complexity index is 1300. The number of phenols is 1. The van der Waals surface area contributed by atoms with E-state index in [1.54, 1.807) is 12.1 Å². The third-order valence-electron chi connectivity index (χ3n) is 7.63. The number of carbonyl (C=O) groups is 1. The second-order valence-electron chi connectivity index (χ2n) is 10.4. The average molecular weight is 541 g/mol. The zero-order valence-electron chi connectivity index (χ0n) is 22.4. The van der Waals surface area contributed by atoms with Gasteiger partial charge in [0.25, 0.3) is 0 Å². The Balaban J connectivity index is 1.23. The third-order valence-corrected chi connectivity index (χ3v) is 7.63. The van der Waals surface area contributed by atoms with Crippen LogP contribution in [-0.4, -0.2) is 46.7 Å². The molecule has 0 saturated heterocycles. The molecule has 0 unspecified atom stereocenters. The number of aromatic hydroxyl groups is 1. The Labute approximate surface area is 228 Å². The van der Waals surface area contributed by atoms with Gasteiger partial charge in [-0.15, -0.1) is 0 Å². The highest BCUT2D eigenvalue weighted by molar-refractivity contribution is 5.87. The van der Waals surface area contributed by atoms with Gasteiger partial charge in [-0.2, -0.15) is 0 Å². The molecule has 0 radical (unpaired) electrons. The molecule has 1 aliphatic carbocycles. The van der Waals surface area contributed by atoms with Crippen LogP contribution in [0.2, 0.25) is 0 Å². The summed E-state index contributed by atoms with van der Waals surface area (Å²) < 4.78 is 32.7. The number of aromatic nitrogens is 1. The van der Waals surface area contributed by atoms with E-state index in [0.29, 0.717) is 12.1 Å². The maximum Gasteiger partial charge on any atom is 0.248 e. The van der Waals surface area contributed by atoms with Crippen molar-refractivity contribution in [2.24, 2.45) is 0 Å². The minimum atomic E-state index is -0.475. The minimum Gasteiger partial charge on any atom is -0.506 e. The molecule has 3 aromatic rings. The van der Waals surface area contributed by atoms with Crippen molar-refractivity contribution in [2.75, 3.05) is 19.8 Å². The van der Waals surface area contributed by atoms with Gasteiger partial charge in [-0.3, -0.25) is 9.59 Å². The Hall–Kier alpha value is -3.26. The lowest BCUT2D eigenvalue weighted by molar-refractivity contribution is -0.135. The highest BCUT2D eigenvalue weighted by Gasteiger charge is 2.24. The zero-order chi connectivity index (χ0) is 27.6. The maximum absolute atomic E-state index is 13.8. The first kappa shape index (κ1) is 28.7. The molecule has 39 heavy (non-hydrogen) atoms. The standard InChI is InChI=1S/C31H38F2N2O4/c32-24-11-13-27(33)23(21-24)16-19-39-20-17-30(38)35(25-8-4-1-5-9-25)18-6-2-3-7-22-10-14-28(36)31-26(22)12-15-29(37)34-31/h10-15,21,25,36H,1-9,16-20H2,(H,34,37). The highest BCUT2D eigenvalue weighted by Crippen LogP contribution is 2.27. The number of unbranched alkanes of at least 4 members (excludes halogenated alkanes) is 2. The lowest BCUT2D eigenvalue weighted by atomic mass is 9.93. The molecule has 1 heterocycles. The summed E-state index contributed by atoms with van der Waals surface area (Å²) in [4.78, 5) is 29.5. The summed E-state index contributed by atoms with van der Waals surface area (Å²) in [5.74, 6) is -0.768. The van der Waals surface area contributed by atoms with Crippen LogP contribution in [0.25, 0.3) is 10.9 Å². The number of fused-ring (bicyclic) bond motifs is 1. The van der Waals surface area contributed by atoms with Crippen molar-refractivity contribution in [2.45, 2.75) is 76.7 Å². The molecule has 4 rings (SSSR count). The van der Waals surface area contributed by atoms with Gasteiger partial charge in [-0.1, -0.05) is 31.7 Å². The molecule has 8 heteroatoms. The van der Waals surface area contributed by atoms with Crippen molar-refractivity contribution in [3.63, 3.8) is 0 Å². The number of nitrogens with zero attached hydrogens (tertiary/aromatic N) is 1. The van der Waals surface area contributed by atoms with Gasteiger partial charge in [0.1, 0.15) is 17.4 Å². The number of pyridine rings is 1. The number of aromatic amines is 1. The highest BCUT2D eigenvalue weighted by atomic mass is 19.1. The van der Waals surface area contributed by atoms with Crippen molar-refractivity contribution in [1.82, 2.24) is 9.88 Å². The molecule has 1 fully saturated rings. The Morgan fingerprint density at radius 1 is 0.949 bits per heavy atom. The number of ether oxygens (including phenoxy) is 1. The van der Waals surface area contributed by atoms with E-state index in [9.17, 15) is 23.5 Å². The number of amides is 1. The minimum absolute atomic E-state index is 0.0678. The van der Waals surface area contributed by atoms with E-state index in [1.165, 1.54) is 18.6 Å². The molecule has 210 valence electrons. The Morgan fingerprint density at radius 2 is 1.77 bits per heavy atom. The quantitative estimate of drug-likeness (QED) is 0.259. The van der Waals surface area contributed by atoms with E-state index in [4.69, 9.17) is 4.74 Å². The number of rotatable bonds is 13. The van der Waals surface area contributed by atoms with Gasteiger partial charge in [0, 0.05) is 24.0 Å². The largest absolute Gasteiger partial charge is 0.506 e. The second kappa shape index (κ2) is 14.2. The molecule has 1 amide bonds. The van der Waals surface area contributed by atoms with Crippen LogP contribution in [0.1, 0.15) is 68.9 Å².